The van der Waals surface area contributed by atoms with Crippen LogP contribution in [0.25, 0.3) is 0 Å². The van der Waals surface area contributed by atoms with Gasteiger partial charge in [0.25, 0.3) is 0 Å². The van der Waals surface area contributed by atoms with Crippen molar-refractivity contribution in [3.8, 4) is 0 Å². The van der Waals surface area contributed by atoms with Crippen LogP contribution in [0.2, 0.25) is 0 Å². The fraction of sp³-hybridized carbons (Fsp3) is 0.708. The van der Waals surface area contributed by atoms with Crippen LogP contribution in [0.1, 0.15) is 79.1 Å². The number of carbonyl (C=O) groups excluding carboxylic acids is 1. The highest BCUT2D eigenvalue weighted by atomic mass is 16.1. The molecule has 4 rings (SSSR count). The summed E-state index contributed by atoms with van der Waals surface area (Å²) in [7, 11) is 0. The van der Waals surface area contributed by atoms with E-state index in [1.54, 1.807) is 0 Å². The SMILES string of the molecule is C=C(C)CC.CC1CC=C2C1CCC1C2CCC2=CC(=O)CCC21C. The van der Waals surface area contributed by atoms with Crippen molar-refractivity contribution in [2.45, 2.75) is 79.1 Å². The lowest BCUT2D eigenvalue weighted by atomic mass is 9.51. The molecule has 2 saturated carbocycles. The molecule has 0 saturated heterocycles. The van der Waals surface area contributed by atoms with Crippen LogP contribution in [0, 0.1) is 29.1 Å². The van der Waals surface area contributed by atoms with Gasteiger partial charge in [-0.25, -0.2) is 0 Å². The molecule has 4 aliphatic carbocycles. The summed E-state index contributed by atoms with van der Waals surface area (Å²) in [4.78, 5) is 11.8. The Kier molecular flexibility index (Phi) is 5.42. The third kappa shape index (κ3) is 3.44. The highest BCUT2D eigenvalue weighted by Crippen LogP contribution is 2.61. The normalized spacial score (nSPS) is 39.1. The minimum atomic E-state index is 0.328. The van der Waals surface area contributed by atoms with Crippen molar-refractivity contribution in [1.29, 1.82) is 0 Å². The molecule has 5 unspecified atom stereocenters. The molecule has 0 amide bonds. The van der Waals surface area contributed by atoms with Gasteiger partial charge < -0.3 is 0 Å². The number of hydrogen-bond acceptors (Lipinski definition) is 1. The predicted octanol–water partition coefficient (Wildman–Crippen LogP) is 6.66. The van der Waals surface area contributed by atoms with E-state index in [1.807, 2.05) is 18.6 Å². The van der Waals surface area contributed by atoms with Crippen LogP contribution in [-0.4, -0.2) is 5.78 Å². The van der Waals surface area contributed by atoms with E-state index in [2.05, 4.69) is 33.4 Å². The Morgan fingerprint density at radius 2 is 1.96 bits per heavy atom. The summed E-state index contributed by atoms with van der Waals surface area (Å²) >= 11 is 0. The Morgan fingerprint density at radius 1 is 1.24 bits per heavy atom. The van der Waals surface area contributed by atoms with Gasteiger partial charge in [-0.3, -0.25) is 4.79 Å². The zero-order valence-corrected chi connectivity index (χ0v) is 16.7. The highest BCUT2D eigenvalue weighted by Gasteiger charge is 2.51. The van der Waals surface area contributed by atoms with Crippen LogP contribution < -0.4 is 0 Å². The number of rotatable bonds is 1. The van der Waals surface area contributed by atoms with Crippen molar-refractivity contribution < 1.29 is 4.79 Å². The lowest BCUT2D eigenvalue weighted by Crippen LogP contribution is -2.45. The van der Waals surface area contributed by atoms with Gasteiger partial charge in [0.05, 0.1) is 0 Å². The van der Waals surface area contributed by atoms with E-state index in [0.29, 0.717) is 11.2 Å². The molecule has 138 valence electrons. The van der Waals surface area contributed by atoms with Crippen LogP contribution in [0.3, 0.4) is 0 Å². The summed E-state index contributed by atoms with van der Waals surface area (Å²) in [5.41, 5.74) is 4.88. The van der Waals surface area contributed by atoms with E-state index >= 15 is 0 Å². The van der Waals surface area contributed by atoms with Gasteiger partial charge in [-0.1, -0.05) is 43.6 Å². The average Bonchev–Trinajstić information content (AvgIpc) is 2.97. The second-order valence-corrected chi connectivity index (χ2v) is 9.22. The topological polar surface area (TPSA) is 17.1 Å². The molecule has 0 aromatic rings. The van der Waals surface area contributed by atoms with E-state index in [9.17, 15) is 4.79 Å². The molecule has 0 aromatic heterocycles. The molecule has 0 aromatic carbocycles. The molecule has 0 aliphatic heterocycles. The third-order valence-corrected chi connectivity index (χ3v) is 7.65. The molecule has 2 fully saturated rings. The minimum Gasteiger partial charge on any atom is -0.295 e. The van der Waals surface area contributed by atoms with Gasteiger partial charge in [0.15, 0.2) is 5.78 Å². The quantitative estimate of drug-likeness (QED) is 0.488. The number of allylic oxidation sites excluding steroid dienone is 5. The van der Waals surface area contributed by atoms with Crippen LogP contribution in [0.5, 0.6) is 0 Å². The van der Waals surface area contributed by atoms with E-state index < -0.39 is 0 Å². The molecular formula is C24H36O. The van der Waals surface area contributed by atoms with Crippen molar-refractivity contribution in [2.24, 2.45) is 29.1 Å². The van der Waals surface area contributed by atoms with Crippen molar-refractivity contribution in [3.05, 3.63) is 35.5 Å². The first kappa shape index (κ1) is 18.7. The van der Waals surface area contributed by atoms with Gasteiger partial charge in [0.2, 0.25) is 0 Å². The van der Waals surface area contributed by atoms with E-state index in [1.165, 1.54) is 43.3 Å². The fourth-order valence-electron chi connectivity index (χ4n) is 5.83. The first-order valence-corrected chi connectivity index (χ1v) is 10.4. The lowest BCUT2D eigenvalue weighted by molar-refractivity contribution is -0.116. The Morgan fingerprint density at radius 3 is 2.64 bits per heavy atom. The number of carbonyl (C=O) groups is 1. The molecular weight excluding hydrogens is 304 g/mol. The lowest BCUT2D eigenvalue weighted by Gasteiger charge is -2.53. The Hall–Kier alpha value is -1.11. The minimum absolute atomic E-state index is 0.328. The Bertz CT molecular complexity index is 608. The monoisotopic (exact) mass is 340 g/mol. The molecule has 5 atom stereocenters. The fourth-order valence-corrected chi connectivity index (χ4v) is 5.83. The number of fused-ring (bicyclic) bond motifs is 5. The zero-order chi connectivity index (χ0) is 18.2. The predicted molar refractivity (Wildman–Crippen MR) is 106 cm³/mol. The standard InChI is InChI=1S/C19H26O.C5H10/c1-12-3-5-16-15(12)7-8-18-17(16)6-4-13-11-14(20)9-10-19(13,18)2;1-4-5(2)3/h5,11-12,15,17-18H,3-4,6-10H2,1-2H3;2,4H2,1,3H3. The average molecular weight is 341 g/mol. The summed E-state index contributed by atoms with van der Waals surface area (Å²) in [6.45, 7) is 12.7. The van der Waals surface area contributed by atoms with Crippen LogP contribution in [0.4, 0.5) is 0 Å². The molecule has 1 nitrogen and oxygen atoms in total. The van der Waals surface area contributed by atoms with Gasteiger partial charge in [-0.05, 0) is 87.0 Å². The molecule has 4 aliphatic rings. The van der Waals surface area contributed by atoms with E-state index in [-0.39, 0.29) is 0 Å². The first-order chi connectivity index (χ1) is 11.9. The largest absolute Gasteiger partial charge is 0.295 e. The summed E-state index contributed by atoms with van der Waals surface area (Å²) < 4.78 is 0. The van der Waals surface area contributed by atoms with Gasteiger partial charge >= 0.3 is 0 Å². The molecule has 0 radical (unpaired) electrons. The molecule has 25 heavy (non-hydrogen) atoms. The molecule has 0 heterocycles. The number of ketones is 1. The van der Waals surface area contributed by atoms with Crippen molar-refractivity contribution >= 4 is 5.78 Å². The van der Waals surface area contributed by atoms with E-state index in [4.69, 9.17) is 0 Å². The molecule has 1 heteroatoms. The maximum Gasteiger partial charge on any atom is 0.155 e. The van der Waals surface area contributed by atoms with Crippen molar-refractivity contribution in [2.75, 3.05) is 0 Å². The van der Waals surface area contributed by atoms with Crippen LogP contribution in [-0.2, 0) is 4.79 Å². The van der Waals surface area contributed by atoms with E-state index in [0.717, 1.165) is 42.9 Å². The summed E-state index contributed by atoms with van der Waals surface area (Å²) in [5, 5.41) is 0. The van der Waals surface area contributed by atoms with Gasteiger partial charge in [0, 0.05) is 6.42 Å². The van der Waals surface area contributed by atoms with Crippen molar-refractivity contribution in [1.82, 2.24) is 0 Å². The maximum atomic E-state index is 11.8. The maximum absolute atomic E-state index is 11.8. The summed E-state index contributed by atoms with van der Waals surface area (Å²) in [6.07, 6.45) is 14.1. The Labute approximate surface area is 154 Å². The molecule has 0 N–H and O–H groups in total. The smallest absolute Gasteiger partial charge is 0.155 e. The zero-order valence-electron chi connectivity index (χ0n) is 16.7. The molecule has 0 bridgehead atoms. The van der Waals surface area contributed by atoms with Gasteiger partial charge in [-0.15, -0.1) is 6.58 Å². The summed E-state index contributed by atoms with van der Waals surface area (Å²) in [5.74, 6) is 3.77. The van der Waals surface area contributed by atoms with Crippen LogP contribution >= 0.6 is 0 Å². The Balaban J connectivity index is 0.000000324. The summed E-state index contributed by atoms with van der Waals surface area (Å²) in [6, 6.07) is 0. The first-order valence-electron chi connectivity index (χ1n) is 10.4. The third-order valence-electron chi connectivity index (χ3n) is 7.65. The highest BCUT2D eigenvalue weighted by molar-refractivity contribution is 5.91. The second kappa shape index (κ2) is 7.25. The van der Waals surface area contributed by atoms with Crippen LogP contribution in [0.15, 0.2) is 35.5 Å². The van der Waals surface area contributed by atoms with Gasteiger partial charge in [0.1, 0.15) is 0 Å². The molecule has 0 spiro atoms. The van der Waals surface area contributed by atoms with Crippen molar-refractivity contribution in [3.63, 3.8) is 0 Å². The second-order valence-electron chi connectivity index (χ2n) is 9.22. The number of hydrogen-bond donors (Lipinski definition) is 0. The van der Waals surface area contributed by atoms with Gasteiger partial charge in [-0.2, -0.15) is 0 Å².